The highest BCUT2D eigenvalue weighted by atomic mass is 16.5. The molecule has 0 aromatic heterocycles. The summed E-state index contributed by atoms with van der Waals surface area (Å²) in [6.07, 6.45) is 4.08. The molecule has 0 aromatic rings. The van der Waals surface area contributed by atoms with E-state index in [4.69, 9.17) is 4.74 Å². The number of carbonyl (C=O) groups excluding carboxylic acids is 1. The van der Waals surface area contributed by atoms with Crippen LogP contribution in [0.1, 0.15) is 32.6 Å². The van der Waals surface area contributed by atoms with E-state index >= 15 is 0 Å². The van der Waals surface area contributed by atoms with Gasteiger partial charge in [-0.2, -0.15) is 0 Å². The quantitative estimate of drug-likeness (QED) is 0.780. The van der Waals surface area contributed by atoms with Crippen molar-refractivity contribution in [1.29, 1.82) is 0 Å². The highest BCUT2D eigenvalue weighted by Crippen LogP contribution is 2.19. The second kappa shape index (κ2) is 6.36. The van der Waals surface area contributed by atoms with Crippen molar-refractivity contribution in [3.05, 3.63) is 0 Å². The molecule has 2 saturated heterocycles. The van der Waals surface area contributed by atoms with E-state index in [0.29, 0.717) is 17.9 Å². The van der Waals surface area contributed by atoms with E-state index in [1.54, 1.807) is 0 Å². The summed E-state index contributed by atoms with van der Waals surface area (Å²) >= 11 is 0. The summed E-state index contributed by atoms with van der Waals surface area (Å²) in [6.45, 7) is 6.61. The number of rotatable bonds is 5. The Bertz CT molecular complexity index is 252. The van der Waals surface area contributed by atoms with E-state index in [1.165, 1.54) is 0 Å². The molecule has 0 saturated carbocycles. The lowest BCUT2D eigenvalue weighted by molar-refractivity contribution is -0.133. The Hall–Kier alpha value is -0.610. The van der Waals surface area contributed by atoms with E-state index in [0.717, 1.165) is 58.5 Å². The van der Waals surface area contributed by atoms with E-state index < -0.39 is 0 Å². The van der Waals surface area contributed by atoms with Crippen LogP contribution in [0.15, 0.2) is 0 Å². The summed E-state index contributed by atoms with van der Waals surface area (Å²) in [5.41, 5.74) is 0. The van der Waals surface area contributed by atoms with Gasteiger partial charge in [0.15, 0.2) is 0 Å². The summed E-state index contributed by atoms with van der Waals surface area (Å²) in [7, 11) is 0. The van der Waals surface area contributed by atoms with Crippen molar-refractivity contribution >= 4 is 5.91 Å². The number of piperidine rings is 1. The van der Waals surface area contributed by atoms with Crippen LogP contribution in [0.3, 0.4) is 0 Å². The van der Waals surface area contributed by atoms with E-state index in [2.05, 4.69) is 12.2 Å². The molecule has 2 unspecified atom stereocenters. The fraction of sp³-hybridized carbons (Fsp3) is 0.923. The largest absolute Gasteiger partial charge is 0.381 e. The van der Waals surface area contributed by atoms with Crippen molar-refractivity contribution in [2.45, 2.75) is 38.6 Å². The first-order valence-corrected chi connectivity index (χ1v) is 6.90. The predicted octanol–water partition coefficient (Wildman–Crippen LogP) is 1.01. The van der Waals surface area contributed by atoms with Gasteiger partial charge in [0.25, 0.3) is 0 Å². The third-order valence-electron chi connectivity index (χ3n) is 3.84. The summed E-state index contributed by atoms with van der Waals surface area (Å²) < 4.78 is 5.46. The molecule has 17 heavy (non-hydrogen) atoms. The Balaban J connectivity index is 1.89. The highest BCUT2D eigenvalue weighted by molar-refractivity contribution is 5.76. The lowest BCUT2D eigenvalue weighted by atomic mass is 9.97. The van der Waals surface area contributed by atoms with Crippen molar-refractivity contribution in [2.75, 3.05) is 32.8 Å². The van der Waals surface area contributed by atoms with Gasteiger partial charge >= 0.3 is 0 Å². The van der Waals surface area contributed by atoms with Crippen molar-refractivity contribution in [1.82, 2.24) is 10.2 Å². The number of nitrogens with one attached hydrogen (secondary N) is 1. The molecule has 2 fully saturated rings. The first-order valence-electron chi connectivity index (χ1n) is 6.90. The second-order valence-electron chi connectivity index (χ2n) is 5.08. The molecule has 0 spiro atoms. The Kier molecular flexibility index (Phi) is 4.80. The number of ether oxygens (including phenoxy) is 1. The standard InChI is InChI=1S/C13H24N2O2/c1-2-14-12(11-6-8-17-10-11)9-15-7-4-3-5-13(15)16/h11-12,14H,2-10H2,1H3. The number of amides is 1. The minimum absolute atomic E-state index is 0.332. The number of hydrogen-bond donors (Lipinski definition) is 1. The van der Waals surface area contributed by atoms with Crippen LogP contribution >= 0.6 is 0 Å². The predicted molar refractivity (Wildman–Crippen MR) is 66.8 cm³/mol. The third kappa shape index (κ3) is 3.42. The van der Waals surface area contributed by atoms with Gasteiger partial charge in [0.2, 0.25) is 5.91 Å². The van der Waals surface area contributed by atoms with Gasteiger partial charge in [-0.3, -0.25) is 4.79 Å². The Morgan fingerprint density at radius 3 is 3.06 bits per heavy atom. The Labute approximate surface area is 104 Å². The van der Waals surface area contributed by atoms with Gasteiger partial charge < -0.3 is 15.0 Å². The SMILES string of the molecule is CCNC(CN1CCCCC1=O)C1CCOC1. The Morgan fingerprint density at radius 1 is 1.53 bits per heavy atom. The van der Waals surface area contributed by atoms with E-state index in [-0.39, 0.29) is 0 Å². The fourth-order valence-corrected chi connectivity index (χ4v) is 2.80. The maximum absolute atomic E-state index is 11.8. The summed E-state index contributed by atoms with van der Waals surface area (Å²) in [4.78, 5) is 13.9. The van der Waals surface area contributed by atoms with Crippen molar-refractivity contribution in [3.8, 4) is 0 Å². The number of likely N-dealkylation sites (N-methyl/N-ethyl adjacent to an activating group) is 1. The molecule has 0 aromatic carbocycles. The van der Waals surface area contributed by atoms with Crippen LogP contribution in [0.2, 0.25) is 0 Å². The van der Waals surface area contributed by atoms with Gasteiger partial charge in [-0.1, -0.05) is 6.92 Å². The van der Waals surface area contributed by atoms with Gasteiger partial charge in [0.05, 0.1) is 6.61 Å². The topological polar surface area (TPSA) is 41.6 Å². The third-order valence-corrected chi connectivity index (χ3v) is 3.84. The molecule has 2 aliphatic rings. The molecule has 1 N–H and O–H groups in total. The number of carbonyl (C=O) groups is 1. The minimum atomic E-state index is 0.332. The lowest BCUT2D eigenvalue weighted by Gasteiger charge is -2.33. The van der Waals surface area contributed by atoms with Gasteiger partial charge in [0, 0.05) is 38.1 Å². The maximum Gasteiger partial charge on any atom is 0.222 e. The minimum Gasteiger partial charge on any atom is -0.381 e. The van der Waals surface area contributed by atoms with Crippen LogP contribution in [0.25, 0.3) is 0 Å². The second-order valence-corrected chi connectivity index (χ2v) is 5.08. The molecular formula is C13H24N2O2. The average Bonchev–Trinajstić information content (AvgIpc) is 2.85. The normalized spacial score (nSPS) is 27.5. The molecule has 2 rings (SSSR count). The van der Waals surface area contributed by atoms with Crippen LogP contribution < -0.4 is 5.32 Å². The van der Waals surface area contributed by atoms with Crippen LogP contribution in [-0.2, 0) is 9.53 Å². The lowest BCUT2D eigenvalue weighted by Crippen LogP contribution is -2.49. The molecule has 2 atom stereocenters. The van der Waals surface area contributed by atoms with E-state index in [1.807, 2.05) is 4.90 Å². The molecule has 98 valence electrons. The summed E-state index contributed by atoms with van der Waals surface area (Å²) in [5.74, 6) is 0.905. The molecule has 0 radical (unpaired) electrons. The molecular weight excluding hydrogens is 216 g/mol. The fourth-order valence-electron chi connectivity index (χ4n) is 2.80. The number of nitrogens with zero attached hydrogens (tertiary/aromatic N) is 1. The number of likely N-dealkylation sites (tertiary alicyclic amines) is 1. The molecule has 4 heteroatoms. The molecule has 2 heterocycles. The first-order chi connectivity index (χ1) is 8.31. The number of hydrogen-bond acceptors (Lipinski definition) is 3. The zero-order valence-corrected chi connectivity index (χ0v) is 10.8. The smallest absolute Gasteiger partial charge is 0.222 e. The molecule has 0 bridgehead atoms. The van der Waals surface area contributed by atoms with Crippen LogP contribution in [0.5, 0.6) is 0 Å². The van der Waals surface area contributed by atoms with Crippen LogP contribution in [-0.4, -0.2) is 49.7 Å². The van der Waals surface area contributed by atoms with Gasteiger partial charge in [-0.15, -0.1) is 0 Å². The van der Waals surface area contributed by atoms with Gasteiger partial charge in [-0.25, -0.2) is 0 Å². The molecule has 0 aliphatic carbocycles. The maximum atomic E-state index is 11.8. The van der Waals surface area contributed by atoms with Crippen molar-refractivity contribution in [3.63, 3.8) is 0 Å². The van der Waals surface area contributed by atoms with Crippen molar-refractivity contribution < 1.29 is 9.53 Å². The summed E-state index contributed by atoms with van der Waals surface area (Å²) in [6, 6.07) is 0.407. The molecule has 4 nitrogen and oxygen atoms in total. The van der Waals surface area contributed by atoms with Gasteiger partial charge in [-0.05, 0) is 25.8 Å². The first kappa shape index (κ1) is 12.8. The monoisotopic (exact) mass is 240 g/mol. The van der Waals surface area contributed by atoms with Gasteiger partial charge in [0.1, 0.15) is 0 Å². The van der Waals surface area contributed by atoms with E-state index in [9.17, 15) is 4.79 Å². The summed E-state index contributed by atoms with van der Waals surface area (Å²) in [5, 5.41) is 3.52. The van der Waals surface area contributed by atoms with Crippen molar-refractivity contribution in [2.24, 2.45) is 5.92 Å². The van der Waals surface area contributed by atoms with Crippen LogP contribution in [0, 0.1) is 5.92 Å². The average molecular weight is 240 g/mol. The highest BCUT2D eigenvalue weighted by Gasteiger charge is 2.29. The molecule has 2 aliphatic heterocycles. The van der Waals surface area contributed by atoms with Crippen LogP contribution in [0.4, 0.5) is 0 Å². The zero-order valence-electron chi connectivity index (χ0n) is 10.8. The Morgan fingerprint density at radius 2 is 2.41 bits per heavy atom. The molecule has 1 amide bonds. The zero-order chi connectivity index (χ0) is 12.1.